The average molecular weight is 481 g/mol. The lowest BCUT2D eigenvalue weighted by Gasteiger charge is -2.12. The van der Waals surface area contributed by atoms with Gasteiger partial charge in [-0.3, -0.25) is 9.59 Å². The second-order valence-corrected chi connectivity index (χ2v) is 8.91. The number of aryl methyl sites for hydroxylation is 1. The Morgan fingerprint density at radius 3 is 2.20 bits per heavy atom. The van der Waals surface area contributed by atoms with E-state index in [1.807, 2.05) is 37.3 Å². The predicted molar refractivity (Wildman–Crippen MR) is 139 cm³/mol. The number of hydrogen-bond acceptors (Lipinski definition) is 6. The van der Waals surface area contributed by atoms with Crippen LogP contribution >= 0.6 is 0 Å². The van der Waals surface area contributed by atoms with Gasteiger partial charge in [0.15, 0.2) is 11.6 Å². The molecule has 190 valence electrons. The van der Waals surface area contributed by atoms with E-state index in [1.165, 1.54) is 25.7 Å². The van der Waals surface area contributed by atoms with E-state index in [4.69, 9.17) is 9.47 Å². The van der Waals surface area contributed by atoms with Crippen molar-refractivity contribution in [3.05, 3.63) is 54.9 Å². The highest BCUT2D eigenvalue weighted by molar-refractivity contribution is 5.72. The highest BCUT2D eigenvalue weighted by Gasteiger charge is 2.09. The van der Waals surface area contributed by atoms with Gasteiger partial charge in [-0.1, -0.05) is 69.4 Å². The van der Waals surface area contributed by atoms with Crippen LogP contribution in [0.25, 0.3) is 11.4 Å². The minimum Gasteiger partial charge on any atom is -0.463 e. The number of carbonyl (C=O) groups is 2. The smallest absolute Gasteiger partial charge is 0.311 e. The Bertz CT molecular complexity index is 894. The normalized spacial score (nSPS) is 11.6. The molecule has 0 spiro atoms. The van der Waals surface area contributed by atoms with Crippen LogP contribution in [0, 0.1) is 0 Å². The van der Waals surface area contributed by atoms with Crippen molar-refractivity contribution in [1.29, 1.82) is 0 Å². The molecule has 2 aromatic rings. The number of carbonyl (C=O) groups excluding carboxylic acids is 2. The third kappa shape index (κ3) is 11.8. The zero-order valence-corrected chi connectivity index (χ0v) is 21.3. The molecule has 6 nitrogen and oxygen atoms in total. The molecule has 0 fully saturated rings. The average Bonchev–Trinajstić information content (AvgIpc) is 2.87. The summed E-state index contributed by atoms with van der Waals surface area (Å²) >= 11 is 0. The van der Waals surface area contributed by atoms with E-state index in [9.17, 15) is 9.59 Å². The van der Waals surface area contributed by atoms with Gasteiger partial charge in [0.05, 0.1) is 18.5 Å². The van der Waals surface area contributed by atoms with Gasteiger partial charge in [-0.05, 0) is 44.6 Å². The lowest BCUT2D eigenvalue weighted by atomic mass is 10.1. The van der Waals surface area contributed by atoms with Crippen LogP contribution in [-0.4, -0.2) is 28.0 Å². The highest BCUT2D eigenvalue weighted by atomic mass is 16.5. The van der Waals surface area contributed by atoms with Gasteiger partial charge in [0, 0.05) is 18.4 Å². The minimum absolute atomic E-state index is 0.0989. The van der Waals surface area contributed by atoms with Gasteiger partial charge in [-0.15, -0.1) is 6.58 Å². The molecular formula is C29H40N2O4. The van der Waals surface area contributed by atoms with Crippen molar-refractivity contribution in [1.82, 2.24) is 9.97 Å². The van der Waals surface area contributed by atoms with Crippen molar-refractivity contribution in [3.63, 3.8) is 0 Å². The second kappa shape index (κ2) is 16.6. The Labute approximate surface area is 210 Å². The summed E-state index contributed by atoms with van der Waals surface area (Å²) in [4.78, 5) is 32.1. The van der Waals surface area contributed by atoms with Crippen molar-refractivity contribution >= 4 is 11.9 Å². The van der Waals surface area contributed by atoms with Crippen LogP contribution in [0.3, 0.4) is 0 Å². The molecule has 1 heterocycles. The van der Waals surface area contributed by atoms with Crippen molar-refractivity contribution in [2.24, 2.45) is 0 Å². The molecule has 0 radical (unpaired) electrons. The van der Waals surface area contributed by atoms with Crippen molar-refractivity contribution in [2.75, 3.05) is 0 Å². The van der Waals surface area contributed by atoms with Crippen LogP contribution in [0.2, 0.25) is 0 Å². The minimum atomic E-state index is -0.240. The standard InChI is InChI=1S/C29H40N2O4/c1-4-6-7-8-9-10-11-12-13-14-28(33)35-26-21-30-29(31-22-26)25-19-17-24(18-20-25)16-15-23(3)34-27(32)5-2/h4,17-23H,1,5-16H2,2-3H3. The Balaban J connectivity index is 1.68. The number of ether oxygens (including phenoxy) is 2. The van der Waals surface area contributed by atoms with Crippen molar-refractivity contribution in [2.45, 2.75) is 97.0 Å². The molecule has 1 aromatic heterocycles. The molecule has 1 unspecified atom stereocenters. The molecule has 1 aromatic carbocycles. The van der Waals surface area contributed by atoms with E-state index in [0.29, 0.717) is 24.4 Å². The molecule has 35 heavy (non-hydrogen) atoms. The number of aromatic nitrogens is 2. The zero-order chi connectivity index (χ0) is 25.3. The summed E-state index contributed by atoms with van der Waals surface area (Å²) in [6.07, 6.45) is 16.5. The van der Waals surface area contributed by atoms with E-state index < -0.39 is 0 Å². The van der Waals surface area contributed by atoms with E-state index in [1.54, 1.807) is 19.3 Å². The lowest BCUT2D eigenvalue weighted by molar-refractivity contribution is -0.148. The Kier molecular flexibility index (Phi) is 13.4. The summed E-state index contributed by atoms with van der Waals surface area (Å²) < 4.78 is 10.7. The Hall–Kier alpha value is -3.02. The molecule has 0 amide bonds. The van der Waals surface area contributed by atoms with E-state index in [0.717, 1.165) is 49.7 Å². The number of allylic oxidation sites excluding steroid dienone is 1. The number of esters is 2. The summed E-state index contributed by atoms with van der Waals surface area (Å²) in [6.45, 7) is 7.45. The second-order valence-electron chi connectivity index (χ2n) is 8.91. The van der Waals surface area contributed by atoms with Gasteiger partial charge in [-0.25, -0.2) is 9.97 Å². The number of unbranched alkanes of at least 4 members (excludes halogenated alkanes) is 7. The first kappa shape index (κ1) is 28.2. The first-order chi connectivity index (χ1) is 17.0. The fraction of sp³-hybridized carbons (Fsp3) is 0.517. The van der Waals surface area contributed by atoms with Crippen LogP contribution in [0.5, 0.6) is 5.75 Å². The van der Waals surface area contributed by atoms with Gasteiger partial charge >= 0.3 is 11.9 Å². The fourth-order valence-corrected chi connectivity index (χ4v) is 3.70. The molecular weight excluding hydrogens is 440 g/mol. The Morgan fingerprint density at radius 1 is 0.943 bits per heavy atom. The summed E-state index contributed by atoms with van der Waals surface area (Å²) in [7, 11) is 0. The van der Waals surface area contributed by atoms with Crippen LogP contribution in [-0.2, 0) is 20.7 Å². The first-order valence-electron chi connectivity index (χ1n) is 12.9. The molecule has 0 N–H and O–H groups in total. The summed E-state index contributed by atoms with van der Waals surface area (Å²) in [5.74, 6) is 0.540. The monoisotopic (exact) mass is 480 g/mol. The predicted octanol–water partition coefficient (Wildman–Crippen LogP) is 7.02. The SMILES string of the molecule is C=CCCCCCCCCCC(=O)Oc1cnc(-c2ccc(CCC(C)OC(=O)CC)cc2)nc1. The van der Waals surface area contributed by atoms with Crippen LogP contribution in [0.15, 0.2) is 49.3 Å². The van der Waals surface area contributed by atoms with E-state index in [2.05, 4.69) is 16.5 Å². The maximum Gasteiger partial charge on any atom is 0.311 e. The molecule has 0 saturated carbocycles. The summed E-state index contributed by atoms with van der Waals surface area (Å²) in [5, 5.41) is 0. The van der Waals surface area contributed by atoms with Crippen LogP contribution < -0.4 is 4.74 Å². The zero-order valence-electron chi connectivity index (χ0n) is 21.3. The number of rotatable bonds is 17. The maximum absolute atomic E-state index is 12.1. The van der Waals surface area contributed by atoms with E-state index in [-0.39, 0.29) is 18.0 Å². The molecule has 0 aliphatic rings. The van der Waals surface area contributed by atoms with Crippen LogP contribution in [0.1, 0.15) is 90.0 Å². The number of nitrogens with zero attached hydrogens (tertiary/aromatic N) is 2. The van der Waals surface area contributed by atoms with Gasteiger partial charge in [0.1, 0.15) is 0 Å². The molecule has 0 aliphatic carbocycles. The molecule has 1 atom stereocenters. The quantitative estimate of drug-likeness (QED) is 0.137. The number of hydrogen-bond donors (Lipinski definition) is 0. The third-order valence-electron chi connectivity index (χ3n) is 5.82. The summed E-state index contributed by atoms with van der Waals surface area (Å²) in [6, 6.07) is 8.00. The van der Waals surface area contributed by atoms with Gasteiger partial charge in [-0.2, -0.15) is 0 Å². The third-order valence-corrected chi connectivity index (χ3v) is 5.82. The van der Waals surface area contributed by atoms with Crippen molar-refractivity contribution in [3.8, 4) is 17.1 Å². The highest BCUT2D eigenvalue weighted by Crippen LogP contribution is 2.19. The molecule has 0 saturated heterocycles. The van der Waals surface area contributed by atoms with E-state index >= 15 is 0 Å². The maximum atomic E-state index is 12.1. The topological polar surface area (TPSA) is 78.4 Å². The van der Waals surface area contributed by atoms with Crippen molar-refractivity contribution < 1.29 is 19.1 Å². The molecule has 2 rings (SSSR count). The first-order valence-corrected chi connectivity index (χ1v) is 12.9. The summed E-state index contributed by atoms with van der Waals surface area (Å²) in [5.41, 5.74) is 2.05. The lowest BCUT2D eigenvalue weighted by Crippen LogP contribution is -2.14. The van der Waals surface area contributed by atoms with Gasteiger partial charge in [0.25, 0.3) is 0 Å². The molecule has 0 aliphatic heterocycles. The number of benzene rings is 1. The van der Waals surface area contributed by atoms with Gasteiger partial charge in [0.2, 0.25) is 0 Å². The van der Waals surface area contributed by atoms with Crippen LogP contribution in [0.4, 0.5) is 0 Å². The Morgan fingerprint density at radius 2 is 1.57 bits per heavy atom. The largest absolute Gasteiger partial charge is 0.463 e. The molecule has 6 heteroatoms. The van der Waals surface area contributed by atoms with Gasteiger partial charge < -0.3 is 9.47 Å². The molecule has 0 bridgehead atoms. The fourth-order valence-electron chi connectivity index (χ4n) is 3.70.